The van der Waals surface area contributed by atoms with Crippen molar-refractivity contribution in [1.29, 1.82) is 0 Å². The Bertz CT molecular complexity index is 300. The second-order valence-electron chi connectivity index (χ2n) is 3.17. The second-order valence-corrected chi connectivity index (χ2v) is 3.17. The third-order valence-corrected chi connectivity index (χ3v) is 1.96. The van der Waals surface area contributed by atoms with Crippen molar-refractivity contribution in [3.05, 3.63) is 35.9 Å². The van der Waals surface area contributed by atoms with E-state index in [9.17, 15) is 4.79 Å². The van der Waals surface area contributed by atoms with Crippen LogP contribution in [0.3, 0.4) is 0 Å². The lowest BCUT2D eigenvalue weighted by atomic mass is 10.2. The van der Waals surface area contributed by atoms with Crippen molar-refractivity contribution in [2.45, 2.75) is 6.04 Å². The van der Waals surface area contributed by atoms with Crippen molar-refractivity contribution >= 4 is 5.91 Å². The van der Waals surface area contributed by atoms with Crippen LogP contribution in [-0.4, -0.2) is 37.4 Å². The maximum Gasteiger partial charge on any atom is 0.251 e. The minimum Gasteiger partial charge on any atom is -0.394 e. The molecule has 1 amide bonds. The summed E-state index contributed by atoms with van der Waals surface area (Å²) >= 11 is 0. The van der Waals surface area contributed by atoms with Crippen LogP contribution in [0.1, 0.15) is 10.4 Å². The molecule has 0 aliphatic rings. The van der Waals surface area contributed by atoms with Crippen molar-refractivity contribution in [3.8, 4) is 0 Å². The number of hydrogen-bond acceptors (Lipinski definition) is 3. The molecule has 1 rings (SSSR count). The van der Waals surface area contributed by atoms with Gasteiger partial charge < -0.3 is 15.2 Å². The van der Waals surface area contributed by atoms with E-state index in [1.54, 1.807) is 24.3 Å². The van der Waals surface area contributed by atoms with Crippen LogP contribution in [0, 0.1) is 0 Å². The first-order valence-corrected chi connectivity index (χ1v) is 4.73. The Labute approximate surface area is 88.9 Å². The van der Waals surface area contributed by atoms with Crippen molar-refractivity contribution in [1.82, 2.24) is 5.32 Å². The van der Waals surface area contributed by atoms with Crippen molar-refractivity contribution in [2.75, 3.05) is 20.3 Å². The monoisotopic (exact) mass is 209 g/mol. The highest BCUT2D eigenvalue weighted by atomic mass is 16.5. The molecule has 0 bridgehead atoms. The van der Waals surface area contributed by atoms with Crippen LogP contribution in [0.5, 0.6) is 0 Å². The number of nitrogens with one attached hydrogen (secondary N) is 1. The summed E-state index contributed by atoms with van der Waals surface area (Å²) in [5.74, 6) is -0.202. The topological polar surface area (TPSA) is 58.6 Å². The third-order valence-electron chi connectivity index (χ3n) is 1.96. The zero-order valence-electron chi connectivity index (χ0n) is 8.64. The van der Waals surface area contributed by atoms with Gasteiger partial charge in [-0.1, -0.05) is 18.2 Å². The molecule has 1 aromatic carbocycles. The molecular formula is C11H15NO3. The van der Waals surface area contributed by atoms with Gasteiger partial charge in [0.2, 0.25) is 0 Å². The molecule has 0 heterocycles. The molecule has 0 fully saturated rings. The number of carbonyl (C=O) groups is 1. The zero-order valence-corrected chi connectivity index (χ0v) is 8.64. The highest BCUT2D eigenvalue weighted by Gasteiger charge is 2.11. The van der Waals surface area contributed by atoms with E-state index in [4.69, 9.17) is 9.84 Å². The minimum atomic E-state index is -0.359. The molecule has 0 radical (unpaired) electrons. The standard InChI is InChI=1S/C11H15NO3/c1-15-8-10(7-13)12-11(14)9-5-3-2-4-6-9/h2-6,10,13H,7-8H2,1H3,(H,12,14). The van der Waals surface area contributed by atoms with Gasteiger partial charge in [-0.05, 0) is 12.1 Å². The first-order valence-electron chi connectivity index (χ1n) is 4.73. The van der Waals surface area contributed by atoms with Crippen molar-refractivity contribution in [2.24, 2.45) is 0 Å². The van der Waals surface area contributed by atoms with Crippen LogP contribution in [0.15, 0.2) is 30.3 Å². The number of aliphatic hydroxyl groups is 1. The highest BCUT2D eigenvalue weighted by molar-refractivity contribution is 5.94. The molecule has 0 aromatic heterocycles. The van der Waals surface area contributed by atoms with Crippen LogP contribution in [0.4, 0.5) is 0 Å². The number of amides is 1. The van der Waals surface area contributed by atoms with Gasteiger partial charge in [-0.25, -0.2) is 0 Å². The number of hydrogen-bond donors (Lipinski definition) is 2. The molecule has 1 unspecified atom stereocenters. The van der Waals surface area contributed by atoms with Crippen LogP contribution >= 0.6 is 0 Å². The van der Waals surface area contributed by atoms with Crippen LogP contribution in [-0.2, 0) is 4.74 Å². The third kappa shape index (κ3) is 3.69. The molecule has 4 heteroatoms. The molecule has 4 nitrogen and oxygen atoms in total. The van der Waals surface area contributed by atoms with Crippen LogP contribution in [0.25, 0.3) is 0 Å². The molecule has 0 spiro atoms. The number of carbonyl (C=O) groups excluding carboxylic acids is 1. The second kappa shape index (κ2) is 6.16. The minimum absolute atomic E-state index is 0.133. The van der Waals surface area contributed by atoms with E-state index in [0.29, 0.717) is 12.2 Å². The quantitative estimate of drug-likeness (QED) is 0.739. The Balaban J connectivity index is 2.55. The maximum absolute atomic E-state index is 11.6. The predicted molar refractivity (Wildman–Crippen MR) is 56.7 cm³/mol. The summed E-state index contributed by atoms with van der Waals surface area (Å²) in [6, 6.07) is 8.50. The summed E-state index contributed by atoms with van der Waals surface area (Å²) in [5, 5.41) is 11.6. The fourth-order valence-corrected chi connectivity index (χ4v) is 1.20. The molecule has 0 aliphatic carbocycles. The number of aliphatic hydroxyl groups excluding tert-OH is 1. The van der Waals surface area contributed by atoms with Gasteiger partial charge in [-0.3, -0.25) is 4.79 Å². The van der Waals surface area contributed by atoms with Gasteiger partial charge >= 0.3 is 0 Å². The molecular weight excluding hydrogens is 194 g/mol. The predicted octanol–water partition coefficient (Wildman–Crippen LogP) is 0.424. The van der Waals surface area contributed by atoms with Crippen molar-refractivity contribution in [3.63, 3.8) is 0 Å². The molecule has 15 heavy (non-hydrogen) atoms. The molecule has 0 saturated carbocycles. The summed E-state index contributed by atoms with van der Waals surface area (Å²) in [7, 11) is 1.53. The Morgan fingerprint density at radius 3 is 2.67 bits per heavy atom. The van der Waals surface area contributed by atoms with Gasteiger partial charge in [0.15, 0.2) is 0 Å². The Morgan fingerprint density at radius 1 is 1.47 bits per heavy atom. The van der Waals surface area contributed by atoms with E-state index in [1.807, 2.05) is 6.07 Å². The highest BCUT2D eigenvalue weighted by Crippen LogP contribution is 1.98. The van der Waals surface area contributed by atoms with E-state index in [-0.39, 0.29) is 18.6 Å². The molecule has 1 aromatic rings. The van der Waals surface area contributed by atoms with E-state index in [0.717, 1.165) is 0 Å². The Morgan fingerprint density at radius 2 is 2.13 bits per heavy atom. The number of ether oxygens (including phenoxy) is 1. The first kappa shape index (κ1) is 11.7. The normalized spacial score (nSPS) is 12.1. The molecule has 0 saturated heterocycles. The molecule has 1 atom stereocenters. The maximum atomic E-state index is 11.6. The van der Waals surface area contributed by atoms with Crippen LogP contribution < -0.4 is 5.32 Å². The van der Waals surface area contributed by atoms with E-state index in [1.165, 1.54) is 7.11 Å². The Hall–Kier alpha value is -1.39. The van der Waals surface area contributed by atoms with Crippen molar-refractivity contribution < 1.29 is 14.6 Å². The number of benzene rings is 1. The van der Waals surface area contributed by atoms with E-state index in [2.05, 4.69) is 5.32 Å². The van der Waals surface area contributed by atoms with E-state index < -0.39 is 0 Å². The molecule has 2 N–H and O–H groups in total. The van der Waals surface area contributed by atoms with Crippen LogP contribution in [0.2, 0.25) is 0 Å². The lowest BCUT2D eigenvalue weighted by Crippen LogP contribution is -2.40. The summed E-state index contributed by atoms with van der Waals surface area (Å²) in [6.45, 7) is 0.168. The van der Waals surface area contributed by atoms with Gasteiger partial charge in [0, 0.05) is 12.7 Å². The fraction of sp³-hybridized carbons (Fsp3) is 0.364. The van der Waals surface area contributed by atoms with Gasteiger partial charge in [0.1, 0.15) is 0 Å². The van der Waals surface area contributed by atoms with Gasteiger partial charge in [-0.15, -0.1) is 0 Å². The van der Waals surface area contributed by atoms with Gasteiger partial charge in [0.05, 0.1) is 19.3 Å². The average Bonchev–Trinajstić information content (AvgIpc) is 2.29. The van der Waals surface area contributed by atoms with E-state index >= 15 is 0 Å². The number of methoxy groups -OCH3 is 1. The summed E-state index contributed by atoms with van der Waals surface area (Å²) in [6.07, 6.45) is 0. The summed E-state index contributed by atoms with van der Waals surface area (Å²) in [5.41, 5.74) is 0.576. The summed E-state index contributed by atoms with van der Waals surface area (Å²) < 4.78 is 4.86. The SMILES string of the molecule is COCC(CO)NC(=O)c1ccccc1. The molecule has 0 aliphatic heterocycles. The summed E-state index contributed by atoms with van der Waals surface area (Å²) in [4.78, 5) is 11.6. The largest absolute Gasteiger partial charge is 0.394 e. The van der Waals surface area contributed by atoms with Gasteiger partial charge in [0.25, 0.3) is 5.91 Å². The Kier molecular flexibility index (Phi) is 4.80. The fourth-order valence-electron chi connectivity index (χ4n) is 1.20. The smallest absolute Gasteiger partial charge is 0.251 e. The zero-order chi connectivity index (χ0) is 11.1. The molecule has 82 valence electrons. The van der Waals surface area contributed by atoms with Gasteiger partial charge in [-0.2, -0.15) is 0 Å². The lowest BCUT2D eigenvalue weighted by molar-refractivity contribution is 0.0839. The number of rotatable bonds is 5. The lowest BCUT2D eigenvalue weighted by Gasteiger charge is -2.14. The average molecular weight is 209 g/mol. The first-order chi connectivity index (χ1) is 7.27.